The minimum Gasteiger partial charge on any atom is -0.352 e. The zero-order valence-corrected chi connectivity index (χ0v) is 23.1. The van der Waals surface area contributed by atoms with Crippen LogP contribution in [0.3, 0.4) is 0 Å². The van der Waals surface area contributed by atoms with Crippen LogP contribution < -0.4 is 5.32 Å². The Labute approximate surface area is 226 Å². The van der Waals surface area contributed by atoms with E-state index < -0.39 is 0 Å². The Hall–Kier alpha value is -3.03. The highest BCUT2D eigenvalue weighted by molar-refractivity contribution is 5.78. The molecule has 0 radical (unpaired) electrons. The summed E-state index contributed by atoms with van der Waals surface area (Å²) in [5.74, 6) is 1.46. The van der Waals surface area contributed by atoms with Gasteiger partial charge in [-0.15, -0.1) is 0 Å². The molecular weight excluding hydrogens is 474 g/mol. The van der Waals surface area contributed by atoms with Crippen LogP contribution in [-0.2, 0) is 29.8 Å². The molecule has 0 spiro atoms. The summed E-state index contributed by atoms with van der Waals surface area (Å²) in [7, 11) is 0. The number of likely N-dealkylation sites (tertiary alicyclic amines) is 2. The van der Waals surface area contributed by atoms with Crippen molar-refractivity contribution in [1.82, 2.24) is 25.3 Å². The van der Waals surface area contributed by atoms with Gasteiger partial charge in [0.2, 0.25) is 17.6 Å². The molecule has 1 aromatic heterocycles. The van der Waals surface area contributed by atoms with Crippen molar-refractivity contribution in [2.45, 2.75) is 71.5 Å². The lowest BCUT2D eigenvalue weighted by molar-refractivity contribution is -0.126. The van der Waals surface area contributed by atoms with Gasteiger partial charge in [0.05, 0.1) is 6.54 Å². The quantitative estimate of drug-likeness (QED) is 0.447. The monoisotopic (exact) mass is 515 g/mol. The second kappa shape index (κ2) is 11.8. The first-order chi connectivity index (χ1) is 18.3. The van der Waals surface area contributed by atoms with Crippen LogP contribution in [0.25, 0.3) is 11.4 Å². The molecule has 7 heteroatoms. The molecule has 2 aromatic carbocycles. The van der Waals surface area contributed by atoms with E-state index in [2.05, 4.69) is 94.6 Å². The molecule has 202 valence electrons. The van der Waals surface area contributed by atoms with Crippen LogP contribution in [0.15, 0.2) is 53.1 Å². The number of nitrogens with zero attached hydrogens (tertiary/aromatic N) is 4. The molecular formula is C31H41N5O2. The molecule has 0 aliphatic carbocycles. The van der Waals surface area contributed by atoms with Crippen LogP contribution in [0.2, 0.25) is 0 Å². The van der Waals surface area contributed by atoms with Crippen molar-refractivity contribution in [3.8, 4) is 11.4 Å². The second-order valence-electron chi connectivity index (χ2n) is 11.9. The fourth-order valence-electron chi connectivity index (χ4n) is 5.47. The smallest absolute Gasteiger partial charge is 0.241 e. The maximum absolute atomic E-state index is 12.9. The zero-order valence-electron chi connectivity index (χ0n) is 23.1. The molecule has 2 aliphatic heterocycles. The highest BCUT2D eigenvalue weighted by atomic mass is 16.5. The lowest BCUT2D eigenvalue weighted by Crippen LogP contribution is -2.40. The highest BCUT2D eigenvalue weighted by Crippen LogP contribution is 2.25. The number of rotatable bonds is 8. The van der Waals surface area contributed by atoms with Crippen molar-refractivity contribution >= 4 is 5.91 Å². The number of carbonyl (C=O) groups is 1. The fraction of sp³-hybridized carbons (Fsp3) is 0.516. The molecule has 1 N–H and O–H groups in total. The van der Waals surface area contributed by atoms with Crippen molar-refractivity contribution in [1.29, 1.82) is 0 Å². The molecule has 2 aliphatic rings. The molecule has 5 rings (SSSR count). The summed E-state index contributed by atoms with van der Waals surface area (Å²) in [4.78, 5) is 22.3. The van der Waals surface area contributed by atoms with Gasteiger partial charge in [-0.2, -0.15) is 4.98 Å². The number of hydrogen-bond donors (Lipinski definition) is 1. The van der Waals surface area contributed by atoms with E-state index in [0.717, 1.165) is 38.0 Å². The Bertz CT molecular complexity index is 1200. The average molecular weight is 516 g/mol. The minimum absolute atomic E-state index is 0.0543. The molecule has 0 unspecified atom stereocenters. The molecule has 2 saturated heterocycles. The molecule has 3 aromatic rings. The molecule has 0 bridgehead atoms. The van der Waals surface area contributed by atoms with Crippen LogP contribution >= 0.6 is 0 Å². The van der Waals surface area contributed by atoms with Crippen LogP contribution in [0.5, 0.6) is 0 Å². The number of aromatic nitrogens is 2. The van der Waals surface area contributed by atoms with Crippen LogP contribution in [0.1, 0.15) is 69.0 Å². The van der Waals surface area contributed by atoms with E-state index in [4.69, 9.17) is 4.52 Å². The molecule has 38 heavy (non-hydrogen) atoms. The van der Waals surface area contributed by atoms with E-state index in [-0.39, 0.29) is 17.2 Å². The maximum Gasteiger partial charge on any atom is 0.241 e. The summed E-state index contributed by atoms with van der Waals surface area (Å²) in [5.41, 5.74) is 4.86. The summed E-state index contributed by atoms with van der Waals surface area (Å²) in [6.45, 7) is 12.9. The van der Waals surface area contributed by atoms with Gasteiger partial charge in [0.25, 0.3) is 0 Å². The molecule has 3 heterocycles. The van der Waals surface area contributed by atoms with E-state index >= 15 is 0 Å². The fourth-order valence-corrected chi connectivity index (χ4v) is 5.47. The summed E-state index contributed by atoms with van der Waals surface area (Å²) in [6.07, 6.45) is 4.29. The second-order valence-corrected chi connectivity index (χ2v) is 11.9. The predicted molar refractivity (Wildman–Crippen MR) is 149 cm³/mol. The van der Waals surface area contributed by atoms with Crippen molar-refractivity contribution in [2.75, 3.05) is 26.2 Å². The first-order valence-corrected chi connectivity index (χ1v) is 14.1. The minimum atomic E-state index is 0.0543. The van der Waals surface area contributed by atoms with E-state index in [0.29, 0.717) is 24.8 Å². The molecule has 0 atom stereocenters. The molecule has 2 fully saturated rings. The lowest BCUT2D eigenvalue weighted by Gasteiger charge is -2.30. The van der Waals surface area contributed by atoms with Crippen molar-refractivity contribution < 1.29 is 9.32 Å². The third-order valence-corrected chi connectivity index (χ3v) is 7.86. The SMILES string of the molecule is CC(C)(C)c1ccc(-c2noc(CN3CCC(C(=O)NCc4cccc(CN5CCCC5)c4)CC3)n2)cc1. The third kappa shape index (κ3) is 6.88. The highest BCUT2D eigenvalue weighted by Gasteiger charge is 2.26. The number of hydrogen-bond acceptors (Lipinski definition) is 6. The van der Waals surface area contributed by atoms with Gasteiger partial charge in [-0.25, -0.2) is 0 Å². The van der Waals surface area contributed by atoms with Gasteiger partial charge in [-0.05, 0) is 74.0 Å². The van der Waals surface area contributed by atoms with Gasteiger partial charge in [0, 0.05) is 24.6 Å². The van der Waals surface area contributed by atoms with Gasteiger partial charge in [-0.3, -0.25) is 14.6 Å². The first kappa shape index (κ1) is 26.6. The molecule has 7 nitrogen and oxygen atoms in total. The number of piperidine rings is 1. The van der Waals surface area contributed by atoms with E-state index in [1.54, 1.807) is 0 Å². The van der Waals surface area contributed by atoms with Gasteiger partial charge < -0.3 is 9.84 Å². The predicted octanol–water partition coefficient (Wildman–Crippen LogP) is 5.16. The van der Waals surface area contributed by atoms with Crippen molar-refractivity contribution in [3.05, 3.63) is 71.1 Å². The number of amides is 1. The Morgan fingerprint density at radius 1 is 0.947 bits per heavy atom. The number of carbonyl (C=O) groups excluding carboxylic acids is 1. The molecule has 0 saturated carbocycles. The third-order valence-electron chi connectivity index (χ3n) is 7.86. The lowest BCUT2D eigenvalue weighted by atomic mass is 9.87. The zero-order chi connectivity index (χ0) is 26.5. The number of benzene rings is 2. The standard InChI is InChI=1S/C31H41N5O2/c1-31(2,3)27-11-9-25(10-12-27)29-33-28(38-34-29)22-36-17-13-26(14-18-36)30(37)32-20-23-7-6-8-24(19-23)21-35-15-4-5-16-35/h6-12,19,26H,4-5,13-18,20-22H2,1-3H3,(H,32,37). The van der Waals surface area contributed by atoms with Gasteiger partial charge >= 0.3 is 0 Å². The van der Waals surface area contributed by atoms with Crippen LogP contribution in [-0.4, -0.2) is 52.0 Å². The molecule has 1 amide bonds. The Morgan fingerprint density at radius 2 is 1.63 bits per heavy atom. The Morgan fingerprint density at radius 3 is 2.34 bits per heavy atom. The van der Waals surface area contributed by atoms with E-state index in [9.17, 15) is 4.79 Å². The largest absolute Gasteiger partial charge is 0.352 e. The normalized spacial score (nSPS) is 17.7. The van der Waals surface area contributed by atoms with Crippen molar-refractivity contribution in [3.63, 3.8) is 0 Å². The van der Waals surface area contributed by atoms with Gasteiger partial charge in [0.15, 0.2) is 0 Å². The summed E-state index contributed by atoms with van der Waals surface area (Å²) < 4.78 is 5.55. The van der Waals surface area contributed by atoms with Crippen molar-refractivity contribution in [2.24, 2.45) is 5.92 Å². The summed E-state index contributed by atoms with van der Waals surface area (Å²) >= 11 is 0. The Kier molecular flexibility index (Phi) is 8.24. The van der Waals surface area contributed by atoms with E-state index in [1.165, 1.54) is 42.6 Å². The van der Waals surface area contributed by atoms with Crippen LogP contribution in [0.4, 0.5) is 0 Å². The topological polar surface area (TPSA) is 74.5 Å². The Balaban J connectivity index is 1.06. The van der Waals surface area contributed by atoms with Gasteiger partial charge in [0.1, 0.15) is 0 Å². The van der Waals surface area contributed by atoms with Crippen LogP contribution in [0, 0.1) is 5.92 Å². The average Bonchev–Trinajstić information content (AvgIpc) is 3.60. The summed E-state index contributed by atoms with van der Waals surface area (Å²) in [6, 6.07) is 17.0. The number of nitrogens with one attached hydrogen (secondary N) is 1. The summed E-state index contributed by atoms with van der Waals surface area (Å²) in [5, 5.41) is 7.37. The van der Waals surface area contributed by atoms with E-state index in [1.807, 2.05) is 0 Å². The first-order valence-electron chi connectivity index (χ1n) is 14.1. The van der Waals surface area contributed by atoms with Gasteiger partial charge in [-0.1, -0.05) is 74.5 Å². The maximum atomic E-state index is 12.9.